The number of esters is 1. The molecule has 0 bridgehead atoms. The smallest absolute Gasteiger partial charge is 0.321 e. The molecule has 2 rings (SSSR count). The Morgan fingerprint density at radius 1 is 1.24 bits per heavy atom. The van der Waals surface area contributed by atoms with Gasteiger partial charge in [-0.3, -0.25) is 14.9 Å². The van der Waals surface area contributed by atoms with Crippen LogP contribution in [0.3, 0.4) is 0 Å². The van der Waals surface area contributed by atoms with Crippen LogP contribution in [0.2, 0.25) is 0 Å². The number of hydrogen-bond donors (Lipinski definition) is 2. The molecule has 0 atom stereocenters. The Kier molecular flexibility index (Phi) is 5.68. The van der Waals surface area contributed by atoms with E-state index in [9.17, 15) is 14.4 Å². The summed E-state index contributed by atoms with van der Waals surface area (Å²) in [6, 6.07) is 1.24. The van der Waals surface area contributed by atoms with E-state index in [0.717, 1.165) is 28.3 Å². The van der Waals surface area contributed by atoms with Gasteiger partial charge in [0.2, 0.25) is 0 Å². The van der Waals surface area contributed by atoms with Crippen molar-refractivity contribution < 1.29 is 19.1 Å². The number of nitrogens with one attached hydrogen (secondary N) is 2. The van der Waals surface area contributed by atoms with Crippen LogP contribution in [0.5, 0.6) is 0 Å². The first-order valence-corrected chi connectivity index (χ1v) is 7.81. The number of carbonyl (C=O) groups is 3. The highest BCUT2D eigenvalue weighted by Gasteiger charge is 2.14. The van der Waals surface area contributed by atoms with Crippen LogP contribution in [0.4, 0.5) is 4.79 Å². The number of amides is 3. The van der Waals surface area contributed by atoms with Crippen molar-refractivity contribution in [3.63, 3.8) is 0 Å². The zero-order valence-electron chi connectivity index (χ0n) is 14.7. The molecule has 2 heterocycles. The Hall–Kier alpha value is -2.97. The first kappa shape index (κ1) is 18.4. The third kappa shape index (κ3) is 4.52. The minimum Gasteiger partial charge on any atom is -0.456 e. The van der Waals surface area contributed by atoms with Crippen molar-refractivity contribution in [3.8, 4) is 0 Å². The number of rotatable bonds is 5. The second-order valence-electron chi connectivity index (χ2n) is 5.60. The number of carbonyl (C=O) groups excluding carboxylic acids is 3. The van der Waals surface area contributed by atoms with Crippen molar-refractivity contribution in [1.29, 1.82) is 0 Å². The van der Waals surface area contributed by atoms with Gasteiger partial charge in [0.25, 0.3) is 5.91 Å². The Balaban J connectivity index is 1.94. The summed E-state index contributed by atoms with van der Waals surface area (Å²) in [7, 11) is 1.38. The van der Waals surface area contributed by atoms with Crippen LogP contribution < -0.4 is 10.6 Å². The van der Waals surface area contributed by atoms with Gasteiger partial charge in [-0.1, -0.05) is 0 Å². The van der Waals surface area contributed by atoms with Crippen LogP contribution in [0.25, 0.3) is 5.65 Å². The minimum absolute atomic E-state index is 0.0996. The lowest BCUT2D eigenvalue weighted by molar-refractivity contribution is -0.148. The van der Waals surface area contributed by atoms with Crippen molar-refractivity contribution in [2.24, 2.45) is 0 Å². The molecule has 0 unspecified atom stereocenters. The summed E-state index contributed by atoms with van der Waals surface area (Å²) < 4.78 is 6.62. The third-order valence-corrected chi connectivity index (χ3v) is 3.71. The fourth-order valence-corrected chi connectivity index (χ4v) is 2.47. The lowest BCUT2D eigenvalue weighted by Gasteiger charge is -2.11. The summed E-state index contributed by atoms with van der Waals surface area (Å²) in [5, 5.41) is 8.63. The summed E-state index contributed by atoms with van der Waals surface area (Å²) in [4.78, 5) is 38.7. The fourth-order valence-electron chi connectivity index (χ4n) is 2.47. The number of ether oxygens (including phenoxy) is 1. The van der Waals surface area contributed by atoms with Crippen molar-refractivity contribution >= 4 is 23.6 Å². The number of nitrogens with zero attached hydrogens (tertiary/aromatic N) is 3. The minimum atomic E-state index is -0.685. The second-order valence-corrected chi connectivity index (χ2v) is 5.60. The van der Waals surface area contributed by atoms with E-state index in [1.165, 1.54) is 7.05 Å². The predicted octanol–water partition coefficient (Wildman–Crippen LogP) is 0.586. The van der Waals surface area contributed by atoms with Gasteiger partial charge < -0.3 is 10.1 Å². The predicted molar refractivity (Wildman–Crippen MR) is 89.1 cm³/mol. The number of hydrogen-bond acceptors (Lipinski definition) is 6. The summed E-state index contributed by atoms with van der Waals surface area (Å²) in [6.45, 7) is 5.20. The molecule has 9 heteroatoms. The Labute approximate surface area is 144 Å². The van der Waals surface area contributed by atoms with Crippen molar-refractivity contribution in [2.75, 3.05) is 13.7 Å². The molecule has 0 saturated heterocycles. The van der Waals surface area contributed by atoms with Gasteiger partial charge in [0.1, 0.15) is 0 Å². The normalized spacial score (nSPS) is 10.6. The molecule has 0 aliphatic carbocycles. The van der Waals surface area contributed by atoms with Crippen molar-refractivity contribution in [2.45, 2.75) is 33.6 Å². The number of urea groups is 1. The highest BCUT2D eigenvalue weighted by Crippen LogP contribution is 2.17. The number of imide groups is 1. The number of fused-ring (bicyclic) bond motifs is 1. The van der Waals surface area contributed by atoms with Gasteiger partial charge in [-0.05, 0) is 32.8 Å². The van der Waals surface area contributed by atoms with Gasteiger partial charge in [-0.25, -0.2) is 14.3 Å². The van der Waals surface area contributed by atoms with E-state index in [4.69, 9.17) is 4.74 Å². The van der Waals surface area contributed by atoms with E-state index in [2.05, 4.69) is 15.4 Å². The third-order valence-electron chi connectivity index (χ3n) is 3.71. The van der Waals surface area contributed by atoms with Crippen molar-refractivity contribution in [1.82, 2.24) is 25.2 Å². The molecular formula is C16H21N5O4. The summed E-state index contributed by atoms with van der Waals surface area (Å²) in [5.74, 6) is -1.21. The highest BCUT2D eigenvalue weighted by molar-refractivity contribution is 5.95. The monoisotopic (exact) mass is 347 g/mol. The van der Waals surface area contributed by atoms with Gasteiger partial charge in [0, 0.05) is 30.9 Å². The van der Waals surface area contributed by atoms with Crippen LogP contribution in [0.15, 0.2) is 6.07 Å². The van der Waals surface area contributed by atoms with E-state index in [-0.39, 0.29) is 6.42 Å². The Morgan fingerprint density at radius 3 is 2.64 bits per heavy atom. The van der Waals surface area contributed by atoms with Gasteiger partial charge in [-0.2, -0.15) is 5.10 Å². The van der Waals surface area contributed by atoms with Crippen LogP contribution in [0, 0.1) is 20.8 Å². The maximum absolute atomic E-state index is 11.8. The van der Waals surface area contributed by atoms with Gasteiger partial charge in [0.05, 0.1) is 5.69 Å². The average Bonchev–Trinajstić information content (AvgIpc) is 2.93. The molecule has 0 spiro atoms. The molecule has 2 aromatic rings. The Morgan fingerprint density at radius 2 is 1.96 bits per heavy atom. The molecule has 0 saturated carbocycles. The Bertz CT molecular complexity index is 828. The molecule has 0 radical (unpaired) electrons. The SMILES string of the molecule is CNC(=O)NC(=O)COC(=O)CCc1c(C)nc2cc(C)nn2c1C. The number of aromatic nitrogens is 3. The van der Waals surface area contributed by atoms with E-state index < -0.39 is 24.5 Å². The molecule has 0 fully saturated rings. The number of aryl methyl sites for hydroxylation is 3. The first-order chi connectivity index (χ1) is 11.8. The van der Waals surface area contributed by atoms with E-state index >= 15 is 0 Å². The second kappa shape index (κ2) is 7.73. The molecule has 0 aromatic carbocycles. The maximum atomic E-state index is 11.8. The lowest BCUT2D eigenvalue weighted by atomic mass is 10.1. The van der Waals surface area contributed by atoms with E-state index in [0.29, 0.717) is 6.42 Å². The molecule has 25 heavy (non-hydrogen) atoms. The average molecular weight is 347 g/mol. The molecule has 0 aliphatic rings. The topological polar surface area (TPSA) is 115 Å². The zero-order chi connectivity index (χ0) is 18.6. The zero-order valence-corrected chi connectivity index (χ0v) is 14.7. The molecule has 134 valence electrons. The fraction of sp³-hybridized carbons (Fsp3) is 0.438. The van der Waals surface area contributed by atoms with Gasteiger partial charge >= 0.3 is 12.0 Å². The molecular weight excluding hydrogens is 326 g/mol. The van der Waals surface area contributed by atoms with Crippen LogP contribution in [-0.2, 0) is 20.7 Å². The van der Waals surface area contributed by atoms with Gasteiger partial charge in [0.15, 0.2) is 12.3 Å². The molecule has 0 aliphatic heterocycles. The summed E-state index contributed by atoms with van der Waals surface area (Å²) in [5.41, 5.74) is 4.30. The largest absolute Gasteiger partial charge is 0.456 e. The molecule has 9 nitrogen and oxygen atoms in total. The quantitative estimate of drug-likeness (QED) is 0.765. The van der Waals surface area contributed by atoms with Gasteiger partial charge in [-0.15, -0.1) is 0 Å². The standard InChI is InChI=1S/C16H21N5O4/c1-9-7-13-18-10(2)12(11(3)21(13)20-9)5-6-15(23)25-8-14(22)19-16(24)17-4/h7H,5-6,8H2,1-4H3,(H2,17,19,22,24). The summed E-state index contributed by atoms with van der Waals surface area (Å²) in [6.07, 6.45) is 0.526. The van der Waals surface area contributed by atoms with Crippen LogP contribution >= 0.6 is 0 Å². The van der Waals surface area contributed by atoms with Crippen LogP contribution in [-0.4, -0.2) is 46.2 Å². The first-order valence-electron chi connectivity index (χ1n) is 7.81. The van der Waals surface area contributed by atoms with E-state index in [1.54, 1.807) is 4.52 Å². The lowest BCUT2D eigenvalue weighted by Crippen LogP contribution is -2.39. The maximum Gasteiger partial charge on any atom is 0.321 e. The molecule has 2 N–H and O–H groups in total. The molecule has 3 amide bonds. The van der Waals surface area contributed by atoms with Crippen molar-refractivity contribution in [3.05, 3.63) is 28.7 Å². The van der Waals surface area contributed by atoms with Crippen LogP contribution in [0.1, 0.15) is 29.1 Å². The summed E-state index contributed by atoms with van der Waals surface area (Å²) >= 11 is 0. The van der Waals surface area contributed by atoms with E-state index in [1.807, 2.05) is 32.2 Å². The molecule has 2 aromatic heterocycles. The highest BCUT2D eigenvalue weighted by atomic mass is 16.5.